The summed E-state index contributed by atoms with van der Waals surface area (Å²) in [6.45, 7) is 2.13. The van der Waals surface area contributed by atoms with E-state index in [4.69, 9.17) is 10.4 Å². The van der Waals surface area contributed by atoms with Crippen LogP contribution in [0.15, 0.2) is 0 Å². The van der Waals surface area contributed by atoms with Crippen LogP contribution in [-0.2, 0) is 10.0 Å². The molecule has 0 bridgehead atoms. The van der Waals surface area contributed by atoms with Crippen molar-refractivity contribution in [3.8, 4) is 6.07 Å². The molecular weight excluding hydrogens is 216 g/mol. The van der Waals surface area contributed by atoms with E-state index in [-0.39, 0.29) is 6.61 Å². The van der Waals surface area contributed by atoms with Crippen LogP contribution >= 0.6 is 0 Å². The Hall–Kier alpha value is -0.640. The number of nitrogens with zero attached hydrogens (tertiary/aromatic N) is 1. The first-order chi connectivity index (χ1) is 7.08. The summed E-state index contributed by atoms with van der Waals surface area (Å²) >= 11 is 0. The third-order valence-electron chi connectivity index (χ3n) is 2.03. The summed E-state index contributed by atoms with van der Waals surface area (Å²) in [5.41, 5.74) is 0. The lowest BCUT2D eigenvalue weighted by Crippen LogP contribution is -2.33. The highest BCUT2D eigenvalue weighted by atomic mass is 32.2. The minimum Gasteiger partial charge on any atom is -0.396 e. The Labute approximate surface area is 91.2 Å². The van der Waals surface area contributed by atoms with Gasteiger partial charge in [0.05, 0.1) is 6.07 Å². The summed E-state index contributed by atoms with van der Waals surface area (Å²) in [5, 5.41) is 16.1. The number of hydrogen-bond acceptors (Lipinski definition) is 4. The lowest BCUT2D eigenvalue weighted by Gasteiger charge is -2.09. The van der Waals surface area contributed by atoms with Gasteiger partial charge >= 0.3 is 0 Å². The van der Waals surface area contributed by atoms with E-state index in [9.17, 15) is 8.42 Å². The van der Waals surface area contributed by atoms with E-state index in [1.807, 2.05) is 0 Å². The van der Waals surface area contributed by atoms with Crippen molar-refractivity contribution in [1.29, 1.82) is 5.26 Å². The summed E-state index contributed by atoms with van der Waals surface area (Å²) in [6, 6.07) is 1.75. The summed E-state index contributed by atoms with van der Waals surface area (Å²) < 4.78 is 25.3. The van der Waals surface area contributed by atoms with Gasteiger partial charge in [-0.25, -0.2) is 13.1 Å². The summed E-state index contributed by atoms with van der Waals surface area (Å²) in [7, 11) is -3.48. The molecule has 0 saturated carbocycles. The van der Waals surface area contributed by atoms with E-state index in [0.717, 1.165) is 6.42 Å². The van der Waals surface area contributed by atoms with Gasteiger partial charge in [-0.15, -0.1) is 0 Å². The van der Waals surface area contributed by atoms with Gasteiger partial charge in [0.2, 0.25) is 10.0 Å². The Morgan fingerprint density at radius 2 is 2.07 bits per heavy atom. The largest absolute Gasteiger partial charge is 0.396 e. The predicted molar refractivity (Wildman–Crippen MR) is 57.6 cm³/mol. The van der Waals surface area contributed by atoms with E-state index in [1.54, 1.807) is 13.0 Å². The molecule has 5 nitrogen and oxygen atoms in total. The van der Waals surface area contributed by atoms with E-state index < -0.39 is 15.3 Å². The molecule has 0 aromatic rings. The number of rotatable bonds is 8. The van der Waals surface area contributed by atoms with Gasteiger partial charge in [0.1, 0.15) is 0 Å². The highest BCUT2D eigenvalue weighted by Crippen LogP contribution is 2.03. The van der Waals surface area contributed by atoms with Crippen LogP contribution in [-0.4, -0.2) is 31.9 Å². The van der Waals surface area contributed by atoms with Crippen molar-refractivity contribution in [2.24, 2.45) is 0 Å². The zero-order valence-corrected chi connectivity index (χ0v) is 9.76. The fraction of sp³-hybridized carbons (Fsp3) is 0.889. The monoisotopic (exact) mass is 234 g/mol. The third-order valence-corrected chi connectivity index (χ3v) is 3.82. The van der Waals surface area contributed by atoms with Crippen molar-refractivity contribution in [3.05, 3.63) is 0 Å². The molecule has 0 amide bonds. The average Bonchev–Trinajstić information content (AvgIpc) is 2.18. The Morgan fingerprint density at radius 3 is 2.53 bits per heavy atom. The molecule has 0 fully saturated rings. The smallest absolute Gasteiger partial charge is 0.227 e. The van der Waals surface area contributed by atoms with Crippen LogP contribution in [0.3, 0.4) is 0 Å². The molecule has 0 rings (SSSR count). The molecule has 15 heavy (non-hydrogen) atoms. The van der Waals surface area contributed by atoms with Crippen LogP contribution < -0.4 is 4.72 Å². The Bertz CT molecular complexity index is 295. The topological polar surface area (TPSA) is 90.2 Å². The average molecular weight is 234 g/mol. The van der Waals surface area contributed by atoms with E-state index in [0.29, 0.717) is 25.8 Å². The standard InChI is InChI=1S/C9H18N2O3S/c1-2-9(8-10)15(13,14)11-6-4-3-5-7-12/h9,11-12H,2-7H2,1H3. The van der Waals surface area contributed by atoms with Crippen molar-refractivity contribution in [2.45, 2.75) is 37.9 Å². The Balaban J connectivity index is 3.90. The van der Waals surface area contributed by atoms with Gasteiger partial charge in [-0.1, -0.05) is 6.92 Å². The molecule has 0 radical (unpaired) electrons. The molecule has 0 aliphatic rings. The van der Waals surface area contributed by atoms with E-state index >= 15 is 0 Å². The van der Waals surface area contributed by atoms with E-state index in [1.165, 1.54) is 0 Å². The fourth-order valence-electron chi connectivity index (χ4n) is 1.11. The minimum atomic E-state index is -3.48. The van der Waals surface area contributed by atoms with Crippen molar-refractivity contribution < 1.29 is 13.5 Å². The van der Waals surface area contributed by atoms with Gasteiger partial charge in [0.15, 0.2) is 5.25 Å². The molecule has 0 spiro atoms. The van der Waals surface area contributed by atoms with Crippen LogP contribution in [0.25, 0.3) is 0 Å². The minimum absolute atomic E-state index is 0.128. The molecule has 88 valence electrons. The second kappa shape index (κ2) is 7.63. The maximum Gasteiger partial charge on any atom is 0.227 e. The Morgan fingerprint density at radius 1 is 1.40 bits per heavy atom. The molecule has 0 saturated heterocycles. The van der Waals surface area contributed by atoms with Crippen molar-refractivity contribution in [2.75, 3.05) is 13.2 Å². The van der Waals surface area contributed by atoms with Gasteiger partial charge in [-0.05, 0) is 25.7 Å². The molecule has 0 aromatic heterocycles. The van der Waals surface area contributed by atoms with Crippen LogP contribution in [0, 0.1) is 11.3 Å². The van der Waals surface area contributed by atoms with E-state index in [2.05, 4.69) is 4.72 Å². The fourth-order valence-corrected chi connectivity index (χ4v) is 2.32. The number of unbranched alkanes of at least 4 members (excludes halogenated alkanes) is 2. The third kappa shape index (κ3) is 5.72. The second-order valence-corrected chi connectivity index (χ2v) is 5.20. The first kappa shape index (κ1) is 14.4. The number of hydrogen-bond donors (Lipinski definition) is 2. The summed E-state index contributed by atoms with van der Waals surface area (Å²) in [5.74, 6) is 0. The maximum atomic E-state index is 11.4. The maximum absolute atomic E-state index is 11.4. The molecule has 0 aliphatic carbocycles. The second-order valence-electron chi connectivity index (χ2n) is 3.25. The molecular formula is C9H18N2O3S. The normalized spacial score (nSPS) is 13.4. The molecule has 0 aliphatic heterocycles. The first-order valence-corrected chi connectivity index (χ1v) is 6.62. The van der Waals surface area contributed by atoms with Crippen LogP contribution in [0.1, 0.15) is 32.6 Å². The number of nitriles is 1. The summed E-state index contributed by atoms with van der Waals surface area (Å²) in [4.78, 5) is 0. The molecule has 2 N–H and O–H groups in total. The van der Waals surface area contributed by atoms with Crippen molar-refractivity contribution >= 4 is 10.0 Å². The zero-order valence-electron chi connectivity index (χ0n) is 8.94. The van der Waals surface area contributed by atoms with Crippen molar-refractivity contribution in [1.82, 2.24) is 4.72 Å². The van der Waals surface area contributed by atoms with Gasteiger partial charge < -0.3 is 5.11 Å². The molecule has 1 atom stereocenters. The number of sulfonamides is 1. The number of aliphatic hydroxyl groups excluding tert-OH is 1. The van der Waals surface area contributed by atoms with Gasteiger partial charge in [0.25, 0.3) is 0 Å². The van der Waals surface area contributed by atoms with Crippen molar-refractivity contribution in [3.63, 3.8) is 0 Å². The van der Waals surface area contributed by atoms with Gasteiger partial charge in [-0.2, -0.15) is 5.26 Å². The predicted octanol–water partition coefficient (Wildman–Crippen LogP) is 0.371. The molecule has 6 heteroatoms. The van der Waals surface area contributed by atoms with Gasteiger partial charge in [-0.3, -0.25) is 0 Å². The quantitative estimate of drug-likeness (QED) is 0.594. The Kier molecular flexibility index (Phi) is 7.30. The first-order valence-electron chi connectivity index (χ1n) is 5.07. The zero-order chi connectivity index (χ0) is 11.7. The highest BCUT2D eigenvalue weighted by molar-refractivity contribution is 7.90. The molecule has 1 unspecified atom stereocenters. The van der Waals surface area contributed by atoms with Gasteiger partial charge in [0, 0.05) is 13.2 Å². The SMILES string of the molecule is CCC(C#N)S(=O)(=O)NCCCCCO. The van der Waals surface area contributed by atoms with Crippen LogP contribution in [0.4, 0.5) is 0 Å². The van der Waals surface area contributed by atoms with Crippen LogP contribution in [0.2, 0.25) is 0 Å². The summed E-state index contributed by atoms with van der Waals surface area (Å²) in [6.07, 6.45) is 2.43. The van der Waals surface area contributed by atoms with Crippen LogP contribution in [0.5, 0.6) is 0 Å². The highest BCUT2D eigenvalue weighted by Gasteiger charge is 2.22. The lowest BCUT2D eigenvalue weighted by atomic mass is 10.2. The lowest BCUT2D eigenvalue weighted by molar-refractivity contribution is 0.283. The number of aliphatic hydroxyl groups is 1. The molecule has 0 heterocycles. The number of nitrogens with one attached hydrogen (secondary N) is 1. The molecule has 0 aromatic carbocycles.